The molecule has 0 aliphatic heterocycles. The molecule has 29 heavy (non-hydrogen) atoms. The van der Waals surface area contributed by atoms with Crippen LogP contribution in [-0.4, -0.2) is 36.9 Å². The zero-order valence-electron chi connectivity index (χ0n) is 17.5. The number of nitrogens with zero attached hydrogens (tertiary/aromatic N) is 4. The minimum absolute atomic E-state index is 0.0956. The van der Waals surface area contributed by atoms with Crippen LogP contribution < -0.4 is 0 Å². The molecule has 0 atom stereocenters. The number of amides is 1. The van der Waals surface area contributed by atoms with Gasteiger partial charge in [0.1, 0.15) is 0 Å². The summed E-state index contributed by atoms with van der Waals surface area (Å²) in [6.07, 6.45) is 0. The van der Waals surface area contributed by atoms with Gasteiger partial charge >= 0.3 is 0 Å². The number of carbonyl (C=O) groups excluding carboxylic acids is 1. The third-order valence-electron chi connectivity index (χ3n) is 4.68. The average Bonchev–Trinajstić information content (AvgIpc) is 3.14. The van der Waals surface area contributed by atoms with Gasteiger partial charge in [-0.3, -0.25) is 4.79 Å². The fraction of sp³-hybridized carbons (Fsp3) is 0.348. The Hall–Kier alpha value is -2.60. The van der Waals surface area contributed by atoms with E-state index in [1.165, 1.54) is 11.8 Å². The minimum Gasteiger partial charge on any atom is -0.333 e. The first-order chi connectivity index (χ1) is 13.9. The van der Waals surface area contributed by atoms with Crippen LogP contribution in [-0.2, 0) is 17.9 Å². The van der Waals surface area contributed by atoms with E-state index in [4.69, 9.17) is 0 Å². The largest absolute Gasteiger partial charge is 0.333 e. The Balaban J connectivity index is 1.74. The molecule has 152 valence electrons. The number of rotatable bonds is 7. The van der Waals surface area contributed by atoms with Gasteiger partial charge in [0, 0.05) is 24.2 Å². The molecule has 0 bridgehead atoms. The van der Waals surface area contributed by atoms with Gasteiger partial charge in [-0.2, -0.15) is 0 Å². The van der Waals surface area contributed by atoms with Crippen LogP contribution >= 0.6 is 11.8 Å². The van der Waals surface area contributed by atoms with Crippen LogP contribution in [0.4, 0.5) is 0 Å². The normalized spacial score (nSPS) is 11.4. The van der Waals surface area contributed by atoms with Crippen LogP contribution in [0.3, 0.4) is 0 Å². The average molecular weight is 409 g/mol. The highest BCUT2D eigenvalue weighted by Crippen LogP contribution is 2.25. The molecule has 1 amide bonds. The molecule has 6 heteroatoms. The molecule has 0 spiro atoms. The Morgan fingerprint density at radius 1 is 1.00 bits per heavy atom. The molecule has 0 saturated carbocycles. The molecule has 0 radical (unpaired) electrons. The van der Waals surface area contributed by atoms with Gasteiger partial charge in [-0.15, -0.1) is 10.2 Å². The molecule has 0 saturated heterocycles. The van der Waals surface area contributed by atoms with Crippen LogP contribution in [0.1, 0.15) is 33.3 Å². The lowest BCUT2D eigenvalue weighted by Gasteiger charge is -2.36. The quantitative estimate of drug-likeness (QED) is 0.523. The number of carbonyl (C=O) groups is 1. The molecule has 0 unspecified atom stereocenters. The van der Waals surface area contributed by atoms with Crippen molar-refractivity contribution in [2.45, 2.75) is 51.5 Å². The van der Waals surface area contributed by atoms with Crippen LogP contribution in [0.2, 0.25) is 0 Å². The van der Waals surface area contributed by atoms with Crippen molar-refractivity contribution in [1.29, 1.82) is 0 Å². The lowest BCUT2D eigenvalue weighted by Crippen LogP contribution is -2.45. The van der Waals surface area contributed by atoms with Crippen molar-refractivity contribution in [3.8, 4) is 11.4 Å². The van der Waals surface area contributed by atoms with E-state index in [1.54, 1.807) is 0 Å². The topological polar surface area (TPSA) is 51.0 Å². The van der Waals surface area contributed by atoms with Gasteiger partial charge in [0.15, 0.2) is 11.0 Å². The number of aromatic nitrogens is 3. The first-order valence-electron chi connectivity index (χ1n) is 9.86. The molecule has 5 nitrogen and oxygen atoms in total. The molecule has 3 rings (SSSR count). The summed E-state index contributed by atoms with van der Waals surface area (Å²) >= 11 is 1.45. The van der Waals surface area contributed by atoms with Gasteiger partial charge in [-0.05, 0) is 33.3 Å². The predicted octanol–water partition coefficient (Wildman–Crippen LogP) is 4.88. The summed E-state index contributed by atoms with van der Waals surface area (Å²) in [7, 11) is 0. The second-order valence-corrected chi connectivity index (χ2v) is 8.78. The van der Waals surface area contributed by atoms with E-state index in [0.29, 0.717) is 12.3 Å². The lowest BCUT2D eigenvalue weighted by atomic mass is 10.0. The van der Waals surface area contributed by atoms with E-state index in [1.807, 2.05) is 53.4 Å². The lowest BCUT2D eigenvalue weighted by molar-refractivity contribution is -0.133. The minimum atomic E-state index is -0.263. The van der Waals surface area contributed by atoms with Crippen molar-refractivity contribution in [2.24, 2.45) is 0 Å². The Bertz CT molecular complexity index is 933. The maximum absolute atomic E-state index is 13.1. The van der Waals surface area contributed by atoms with Gasteiger partial charge in [0.05, 0.1) is 5.75 Å². The highest BCUT2D eigenvalue weighted by Gasteiger charge is 2.27. The zero-order chi connectivity index (χ0) is 20.9. The second-order valence-electron chi connectivity index (χ2n) is 7.84. The van der Waals surface area contributed by atoms with Gasteiger partial charge in [0.2, 0.25) is 5.91 Å². The first-order valence-corrected chi connectivity index (χ1v) is 10.8. The molecule has 1 heterocycles. The third kappa shape index (κ3) is 5.26. The van der Waals surface area contributed by atoms with E-state index >= 15 is 0 Å². The van der Waals surface area contributed by atoms with Crippen molar-refractivity contribution in [2.75, 3.05) is 5.75 Å². The number of thioether (sulfide) groups is 1. The molecule has 0 aliphatic carbocycles. The zero-order valence-corrected chi connectivity index (χ0v) is 18.3. The molecule has 2 aromatic carbocycles. The summed E-state index contributed by atoms with van der Waals surface area (Å²) in [6, 6.07) is 20.1. The maximum atomic E-state index is 13.1. The van der Waals surface area contributed by atoms with E-state index in [0.717, 1.165) is 28.7 Å². The van der Waals surface area contributed by atoms with Gasteiger partial charge < -0.3 is 9.47 Å². The van der Waals surface area contributed by atoms with Crippen LogP contribution in [0.25, 0.3) is 11.4 Å². The van der Waals surface area contributed by atoms with Crippen LogP contribution in [0.15, 0.2) is 65.8 Å². The smallest absolute Gasteiger partial charge is 0.233 e. The summed E-state index contributed by atoms with van der Waals surface area (Å²) in [6.45, 7) is 9.63. The summed E-state index contributed by atoms with van der Waals surface area (Å²) in [5.41, 5.74) is 1.89. The summed E-state index contributed by atoms with van der Waals surface area (Å²) in [5.74, 6) is 1.26. The number of hydrogen-bond acceptors (Lipinski definition) is 4. The summed E-state index contributed by atoms with van der Waals surface area (Å²) < 4.78 is 2.06. The highest BCUT2D eigenvalue weighted by atomic mass is 32.2. The second kappa shape index (κ2) is 9.27. The Morgan fingerprint density at radius 2 is 1.62 bits per heavy atom. The van der Waals surface area contributed by atoms with Crippen molar-refractivity contribution < 1.29 is 4.79 Å². The Kier molecular flexibility index (Phi) is 6.75. The van der Waals surface area contributed by atoms with Gasteiger partial charge in [0.25, 0.3) is 0 Å². The highest BCUT2D eigenvalue weighted by molar-refractivity contribution is 7.99. The van der Waals surface area contributed by atoms with Crippen LogP contribution in [0, 0.1) is 0 Å². The fourth-order valence-corrected chi connectivity index (χ4v) is 4.03. The van der Waals surface area contributed by atoms with E-state index < -0.39 is 0 Å². The monoisotopic (exact) mass is 408 g/mol. The molecule has 0 N–H and O–H groups in total. The first kappa shape index (κ1) is 21.1. The summed E-state index contributed by atoms with van der Waals surface area (Å²) in [4.78, 5) is 15.0. The van der Waals surface area contributed by atoms with E-state index in [9.17, 15) is 4.79 Å². The van der Waals surface area contributed by atoms with Gasteiger partial charge in [-0.25, -0.2) is 0 Å². The Morgan fingerprint density at radius 3 is 2.21 bits per heavy atom. The molecule has 0 aliphatic rings. The van der Waals surface area contributed by atoms with E-state index in [2.05, 4.69) is 54.6 Å². The third-order valence-corrected chi connectivity index (χ3v) is 5.64. The fourth-order valence-electron chi connectivity index (χ4n) is 3.15. The number of benzene rings is 2. The maximum Gasteiger partial charge on any atom is 0.233 e. The SMILES string of the molecule is CCn1c(SCC(=O)N(Cc2ccccc2)C(C)(C)C)nnc1-c1ccccc1. The van der Waals surface area contributed by atoms with Crippen molar-refractivity contribution in [3.05, 3.63) is 66.2 Å². The van der Waals surface area contributed by atoms with Crippen molar-refractivity contribution in [3.63, 3.8) is 0 Å². The van der Waals surface area contributed by atoms with Gasteiger partial charge in [-0.1, -0.05) is 72.4 Å². The Labute approximate surface area is 177 Å². The van der Waals surface area contributed by atoms with E-state index in [-0.39, 0.29) is 11.4 Å². The number of hydrogen-bond donors (Lipinski definition) is 0. The molecule has 3 aromatic rings. The standard InChI is InChI=1S/C23H28N4OS/c1-5-26-21(19-14-10-7-11-15-19)24-25-22(26)29-17-20(28)27(23(2,3)4)16-18-12-8-6-9-13-18/h6-15H,5,16-17H2,1-4H3. The van der Waals surface area contributed by atoms with Crippen LogP contribution in [0.5, 0.6) is 0 Å². The summed E-state index contributed by atoms with van der Waals surface area (Å²) in [5, 5.41) is 9.48. The van der Waals surface area contributed by atoms with Crippen molar-refractivity contribution >= 4 is 17.7 Å². The van der Waals surface area contributed by atoms with Crippen molar-refractivity contribution in [1.82, 2.24) is 19.7 Å². The molecule has 0 fully saturated rings. The predicted molar refractivity (Wildman–Crippen MR) is 119 cm³/mol. The molecular weight excluding hydrogens is 380 g/mol. The molecular formula is C23H28N4OS. The molecule has 1 aromatic heterocycles.